The summed E-state index contributed by atoms with van der Waals surface area (Å²) < 4.78 is 27.6. The SMILES string of the molecule is O=C1CN(C(=O)C2CCCCC2)[C@@H](c2ccc(F)cc2)c2cc(F)ccc2N1. The van der Waals surface area contributed by atoms with Gasteiger partial charge in [-0.15, -0.1) is 0 Å². The number of anilines is 1. The lowest BCUT2D eigenvalue weighted by Crippen LogP contribution is -2.42. The predicted octanol–water partition coefficient (Wildman–Crippen LogP) is 4.42. The summed E-state index contributed by atoms with van der Waals surface area (Å²) in [6.45, 7) is -0.117. The molecule has 2 aliphatic rings. The number of nitrogens with zero attached hydrogens (tertiary/aromatic N) is 1. The van der Waals surface area contributed by atoms with Crippen molar-refractivity contribution < 1.29 is 18.4 Å². The molecule has 146 valence electrons. The van der Waals surface area contributed by atoms with Crippen LogP contribution in [0.2, 0.25) is 0 Å². The van der Waals surface area contributed by atoms with Crippen molar-refractivity contribution in [3.63, 3.8) is 0 Å². The molecule has 2 amide bonds. The van der Waals surface area contributed by atoms with Crippen molar-refractivity contribution in [2.45, 2.75) is 38.1 Å². The van der Waals surface area contributed by atoms with Crippen LogP contribution in [0.1, 0.15) is 49.3 Å². The third-order valence-corrected chi connectivity index (χ3v) is 5.63. The third-order valence-electron chi connectivity index (χ3n) is 5.63. The van der Waals surface area contributed by atoms with Gasteiger partial charge in [-0.1, -0.05) is 31.4 Å². The summed E-state index contributed by atoms with van der Waals surface area (Å²) in [6, 6.07) is 9.29. The molecule has 1 aliphatic heterocycles. The Morgan fingerprint density at radius 1 is 0.964 bits per heavy atom. The van der Waals surface area contributed by atoms with Gasteiger partial charge in [0.1, 0.15) is 18.2 Å². The molecule has 0 aromatic heterocycles. The largest absolute Gasteiger partial charge is 0.324 e. The Bertz CT molecular complexity index is 892. The lowest BCUT2D eigenvalue weighted by molar-refractivity contribution is -0.140. The van der Waals surface area contributed by atoms with E-state index in [0.29, 0.717) is 16.8 Å². The second kappa shape index (κ2) is 7.70. The lowest BCUT2D eigenvalue weighted by Gasteiger charge is -2.34. The van der Waals surface area contributed by atoms with Crippen LogP contribution in [0, 0.1) is 17.6 Å². The van der Waals surface area contributed by atoms with Crippen molar-refractivity contribution in [2.24, 2.45) is 5.92 Å². The van der Waals surface area contributed by atoms with E-state index in [0.717, 1.165) is 32.1 Å². The molecule has 0 spiro atoms. The van der Waals surface area contributed by atoms with E-state index in [1.165, 1.54) is 35.2 Å². The number of benzene rings is 2. The van der Waals surface area contributed by atoms with Gasteiger partial charge in [0.2, 0.25) is 11.8 Å². The molecular weight excluding hydrogens is 362 g/mol. The van der Waals surface area contributed by atoms with E-state index in [9.17, 15) is 18.4 Å². The van der Waals surface area contributed by atoms with E-state index in [-0.39, 0.29) is 24.3 Å². The Morgan fingerprint density at radius 2 is 1.64 bits per heavy atom. The molecule has 0 saturated heterocycles. The van der Waals surface area contributed by atoms with Crippen LogP contribution in [0.3, 0.4) is 0 Å². The highest BCUT2D eigenvalue weighted by Gasteiger charge is 2.36. The highest BCUT2D eigenvalue weighted by molar-refractivity contribution is 5.97. The van der Waals surface area contributed by atoms with Crippen molar-refractivity contribution in [3.05, 3.63) is 65.2 Å². The quantitative estimate of drug-likeness (QED) is 0.834. The Hall–Kier alpha value is -2.76. The first-order valence-electron chi connectivity index (χ1n) is 9.68. The van der Waals surface area contributed by atoms with E-state index in [1.807, 2.05) is 0 Å². The summed E-state index contributed by atoms with van der Waals surface area (Å²) in [4.78, 5) is 27.4. The van der Waals surface area contributed by atoms with Gasteiger partial charge in [0.05, 0.1) is 6.04 Å². The predicted molar refractivity (Wildman–Crippen MR) is 102 cm³/mol. The maximum Gasteiger partial charge on any atom is 0.244 e. The van der Waals surface area contributed by atoms with Gasteiger partial charge in [-0.3, -0.25) is 9.59 Å². The Labute approximate surface area is 162 Å². The molecule has 4 nitrogen and oxygen atoms in total. The minimum Gasteiger partial charge on any atom is -0.324 e. The lowest BCUT2D eigenvalue weighted by atomic mass is 9.87. The minimum atomic E-state index is -0.653. The van der Waals surface area contributed by atoms with Crippen LogP contribution in [0.15, 0.2) is 42.5 Å². The van der Waals surface area contributed by atoms with Crippen molar-refractivity contribution in [1.29, 1.82) is 0 Å². The molecule has 1 saturated carbocycles. The molecule has 0 unspecified atom stereocenters. The molecule has 4 rings (SSSR count). The number of halogens is 2. The summed E-state index contributed by atoms with van der Waals surface area (Å²) in [7, 11) is 0. The first kappa shape index (κ1) is 18.6. The molecule has 1 atom stereocenters. The molecule has 1 fully saturated rings. The summed E-state index contributed by atoms with van der Waals surface area (Å²) >= 11 is 0. The van der Waals surface area contributed by atoms with E-state index < -0.39 is 17.7 Å². The van der Waals surface area contributed by atoms with Crippen LogP contribution in [0.5, 0.6) is 0 Å². The zero-order chi connectivity index (χ0) is 19.7. The van der Waals surface area contributed by atoms with Gasteiger partial charge in [0.15, 0.2) is 0 Å². The normalized spacial score (nSPS) is 20.3. The summed E-state index contributed by atoms with van der Waals surface area (Å²) in [6.07, 6.45) is 4.68. The highest BCUT2D eigenvalue weighted by atomic mass is 19.1. The van der Waals surface area contributed by atoms with Crippen molar-refractivity contribution >= 4 is 17.5 Å². The smallest absolute Gasteiger partial charge is 0.244 e. The molecule has 2 aromatic carbocycles. The molecule has 6 heteroatoms. The van der Waals surface area contributed by atoms with Crippen LogP contribution < -0.4 is 5.32 Å². The number of rotatable bonds is 2. The maximum absolute atomic E-state index is 14.1. The number of hydrogen-bond acceptors (Lipinski definition) is 2. The third kappa shape index (κ3) is 3.63. The average Bonchev–Trinajstić information content (AvgIpc) is 2.84. The molecule has 2 aromatic rings. The second-order valence-electron chi connectivity index (χ2n) is 7.53. The van der Waals surface area contributed by atoms with Crippen LogP contribution in [-0.4, -0.2) is 23.3 Å². The van der Waals surface area contributed by atoms with E-state index in [4.69, 9.17) is 0 Å². The Morgan fingerprint density at radius 3 is 2.36 bits per heavy atom. The van der Waals surface area contributed by atoms with Crippen molar-refractivity contribution in [2.75, 3.05) is 11.9 Å². The van der Waals surface area contributed by atoms with Crippen LogP contribution in [-0.2, 0) is 9.59 Å². The van der Waals surface area contributed by atoms with Gasteiger partial charge in [0.25, 0.3) is 0 Å². The number of amides is 2. The molecule has 0 radical (unpaired) electrons. The van der Waals surface area contributed by atoms with Crippen LogP contribution in [0.4, 0.5) is 14.5 Å². The maximum atomic E-state index is 14.1. The van der Waals surface area contributed by atoms with Gasteiger partial charge in [-0.2, -0.15) is 0 Å². The number of carbonyl (C=O) groups is 2. The zero-order valence-electron chi connectivity index (χ0n) is 15.5. The Kier molecular flexibility index (Phi) is 5.11. The number of fused-ring (bicyclic) bond motifs is 1. The summed E-state index contributed by atoms with van der Waals surface area (Å²) in [5.74, 6) is -1.40. The van der Waals surface area contributed by atoms with E-state index in [1.54, 1.807) is 12.1 Å². The standard InChI is InChI=1S/C22H22F2N2O2/c23-16-8-6-14(7-9-16)21-18-12-17(24)10-11-19(18)25-20(27)13-26(21)22(28)15-4-2-1-3-5-15/h6-12,15,21H,1-5,13H2,(H,25,27)/t21-/m0/s1. The molecule has 1 N–H and O–H groups in total. The molecule has 1 aliphatic carbocycles. The number of hydrogen-bond donors (Lipinski definition) is 1. The zero-order valence-corrected chi connectivity index (χ0v) is 15.5. The van der Waals surface area contributed by atoms with Gasteiger partial charge in [0, 0.05) is 17.2 Å². The number of nitrogens with one attached hydrogen (secondary N) is 1. The van der Waals surface area contributed by atoms with Gasteiger partial charge >= 0.3 is 0 Å². The first-order valence-corrected chi connectivity index (χ1v) is 9.68. The molecule has 0 bridgehead atoms. The van der Waals surface area contributed by atoms with Gasteiger partial charge < -0.3 is 10.2 Å². The molecular formula is C22H22F2N2O2. The highest BCUT2D eigenvalue weighted by Crippen LogP contribution is 2.38. The van der Waals surface area contributed by atoms with Gasteiger partial charge in [-0.05, 0) is 48.7 Å². The molecule has 1 heterocycles. The molecule has 28 heavy (non-hydrogen) atoms. The Balaban J connectivity index is 1.82. The van der Waals surface area contributed by atoms with E-state index in [2.05, 4.69) is 5.32 Å². The fourth-order valence-electron chi connectivity index (χ4n) is 4.27. The summed E-state index contributed by atoms with van der Waals surface area (Å²) in [5.41, 5.74) is 1.62. The average molecular weight is 384 g/mol. The summed E-state index contributed by atoms with van der Waals surface area (Å²) in [5, 5.41) is 2.77. The van der Waals surface area contributed by atoms with Crippen molar-refractivity contribution in [1.82, 2.24) is 4.90 Å². The van der Waals surface area contributed by atoms with Crippen LogP contribution >= 0.6 is 0 Å². The van der Waals surface area contributed by atoms with Gasteiger partial charge in [-0.25, -0.2) is 8.78 Å². The number of carbonyl (C=O) groups excluding carboxylic acids is 2. The van der Waals surface area contributed by atoms with E-state index >= 15 is 0 Å². The monoisotopic (exact) mass is 384 g/mol. The second-order valence-corrected chi connectivity index (χ2v) is 7.53. The fraction of sp³-hybridized carbons (Fsp3) is 0.364. The van der Waals surface area contributed by atoms with Crippen molar-refractivity contribution in [3.8, 4) is 0 Å². The minimum absolute atomic E-state index is 0.0960. The van der Waals surface area contributed by atoms with Crippen LogP contribution in [0.25, 0.3) is 0 Å². The topological polar surface area (TPSA) is 49.4 Å². The first-order chi connectivity index (χ1) is 13.5. The fourth-order valence-corrected chi connectivity index (χ4v) is 4.27.